The standard InChI is InChI=1S/C18H14F2N2S/c19-12-3-1-11(2-4-12)10-22-8-7-14-15-9-13(20)5-6-16(15)21-17(14)18(22)23/h1-6,9,21H,7-8,10H2. The quantitative estimate of drug-likeness (QED) is 0.712. The molecule has 0 fully saturated rings. The molecular formula is C18H14F2N2S. The highest BCUT2D eigenvalue weighted by Gasteiger charge is 2.25. The number of nitrogens with one attached hydrogen (secondary N) is 1. The summed E-state index contributed by atoms with van der Waals surface area (Å²) >= 11 is 5.61. The number of rotatable bonds is 2. The number of halogens is 2. The van der Waals surface area contributed by atoms with Gasteiger partial charge in [-0.1, -0.05) is 24.4 Å². The summed E-state index contributed by atoms with van der Waals surface area (Å²) in [7, 11) is 0. The molecule has 3 aromatic rings. The van der Waals surface area contributed by atoms with Crippen LogP contribution in [-0.4, -0.2) is 21.4 Å². The van der Waals surface area contributed by atoms with Gasteiger partial charge in [0.2, 0.25) is 0 Å². The van der Waals surface area contributed by atoms with E-state index in [-0.39, 0.29) is 11.6 Å². The number of nitrogens with zero attached hydrogens (tertiary/aromatic N) is 1. The third kappa shape index (κ3) is 2.51. The molecule has 0 atom stereocenters. The summed E-state index contributed by atoms with van der Waals surface area (Å²) in [5.74, 6) is -0.478. The molecule has 116 valence electrons. The first-order chi connectivity index (χ1) is 11.1. The van der Waals surface area contributed by atoms with E-state index in [9.17, 15) is 8.78 Å². The van der Waals surface area contributed by atoms with Gasteiger partial charge in [-0.25, -0.2) is 8.78 Å². The molecule has 0 radical (unpaired) electrons. The highest BCUT2D eigenvalue weighted by atomic mass is 32.1. The number of hydrogen-bond donors (Lipinski definition) is 1. The fourth-order valence-corrected chi connectivity index (χ4v) is 3.46. The van der Waals surface area contributed by atoms with Crippen molar-refractivity contribution in [3.63, 3.8) is 0 Å². The Morgan fingerprint density at radius 1 is 1.04 bits per heavy atom. The van der Waals surface area contributed by atoms with E-state index in [1.165, 1.54) is 18.2 Å². The van der Waals surface area contributed by atoms with E-state index in [2.05, 4.69) is 9.88 Å². The zero-order valence-electron chi connectivity index (χ0n) is 12.3. The minimum absolute atomic E-state index is 0.237. The molecule has 0 unspecified atom stereocenters. The van der Waals surface area contributed by atoms with Crippen molar-refractivity contribution in [3.8, 4) is 0 Å². The minimum Gasteiger partial charge on any atom is -0.356 e. The van der Waals surface area contributed by atoms with Gasteiger partial charge >= 0.3 is 0 Å². The van der Waals surface area contributed by atoms with Crippen molar-refractivity contribution >= 4 is 28.1 Å². The van der Waals surface area contributed by atoms with Gasteiger partial charge in [0.15, 0.2) is 0 Å². The third-order valence-corrected chi connectivity index (χ3v) is 4.75. The summed E-state index contributed by atoms with van der Waals surface area (Å²) in [5.41, 5.74) is 3.90. The molecule has 2 aromatic carbocycles. The molecule has 0 saturated heterocycles. The van der Waals surface area contributed by atoms with Gasteiger partial charge in [0.1, 0.15) is 16.6 Å². The summed E-state index contributed by atoms with van der Waals surface area (Å²) in [6.45, 7) is 1.41. The van der Waals surface area contributed by atoms with Crippen LogP contribution in [0, 0.1) is 11.6 Å². The van der Waals surface area contributed by atoms with Crippen molar-refractivity contribution in [2.45, 2.75) is 13.0 Å². The Hall–Kier alpha value is -2.27. The van der Waals surface area contributed by atoms with E-state index < -0.39 is 0 Å². The van der Waals surface area contributed by atoms with E-state index in [0.29, 0.717) is 6.54 Å². The van der Waals surface area contributed by atoms with Crippen LogP contribution in [0.2, 0.25) is 0 Å². The molecule has 23 heavy (non-hydrogen) atoms. The van der Waals surface area contributed by atoms with Gasteiger partial charge in [0, 0.05) is 24.0 Å². The Kier molecular flexibility index (Phi) is 3.38. The molecule has 2 heterocycles. The molecule has 0 amide bonds. The van der Waals surface area contributed by atoms with Gasteiger partial charge in [0.05, 0.1) is 5.69 Å². The summed E-state index contributed by atoms with van der Waals surface area (Å²) in [4.78, 5) is 6.13. The first-order valence-electron chi connectivity index (χ1n) is 7.45. The lowest BCUT2D eigenvalue weighted by Gasteiger charge is -2.29. The van der Waals surface area contributed by atoms with Crippen molar-refractivity contribution in [2.75, 3.05) is 6.54 Å². The van der Waals surface area contributed by atoms with E-state index >= 15 is 0 Å². The Balaban J connectivity index is 1.66. The van der Waals surface area contributed by atoms with Crippen LogP contribution in [0.25, 0.3) is 10.9 Å². The van der Waals surface area contributed by atoms with Crippen LogP contribution in [0.4, 0.5) is 8.78 Å². The Morgan fingerprint density at radius 3 is 2.57 bits per heavy atom. The predicted molar refractivity (Wildman–Crippen MR) is 90.5 cm³/mol. The predicted octanol–water partition coefficient (Wildman–Crippen LogP) is 4.18. The van der Waals surface area contributed by atoms with E-state index in [0.717, 1.165) is 45.7 Å². The number of fused-ring (bicyclic) bond motifs is 3. The van der Waals surface area contributed by atoms with Gasteiger partial charge in [0.25, 0.3) is 0 Å². The highest BCUT2D eigenvalue weighted by molar-refractivity contribution is 7.80. The fraction of sp³-hybridized carbons (Fsp3) is 0.167. The topological polar surface area (TPSA) is 19.0 Å². The summed E-state index contributed by atoms with van der Waals surface area (Å²) in [6.07, 6.45) is 0.806. The van der Waals surface area contributed by atoms with Crippen LogP contribution in [0.5, 0.6) is 0 Å². The average molecular weight is 328 g/mol. The molecule has 0 spiro atoms. The first-order valence-corrected chi connectivity index (χ1v) is 7.86. The maximum Gasteiger partial charge on any atom is 0.126 e. The lowest BCUT2D eigenvalue weighted by molar-refractivity contribution is 0.414. The van der Waals surface area contributed by atoms with Crippen LogP contribution >= 0.6 is 12.2 Å². The maximum atomic E-state index is 13.5. The third-order valence-electron chi connectivity index (χ3n) is 4.29. The van der Waals surface area contributed by atoms with E-state index in [4.69, 9.17) is 12.2 Å². The number of hydrogen-bond acceptors (Lipinski definition) is 1. The molecule has 5 heteroatoms. The summed E-state index contributed by atoms with van der Waals surface area (Å²) in [5, 5.41) is 0.906. The van der Waals surface area contributed by atoms with Crippen molar-refractivity contribution in [1.82, 2.24) is 9.88 Å². The van der Waals surface area contributed by atoms with Crippen LogP contribution in [0.15, 0.2) is 42.5 Å². The number of aromatic nitrogens is 1. The zero-order valence-corrected chi connectivity index (χ0v) is 13.1. The summed E-state index contributed by atoms with van der Waals surface area (Å²) < 4.78 is 26.5. The minimum atomic E-state index is -0.241. The second-order valence-electron chi connectivity index (χ2n) is 5.77. The molecule has 0 saturated carbocycles. The molecule has 1 N–H and O–H groups in total. The number of benzene rings is 2. The molecule has 0 bridgehead atoms. The fourth-order valence-electron chi connectivity index (χ4n) is 3.13. The Bertz CT molecular complexity index is 899. The smallest absolute Gasteiger partial charge is 0.126 e. The van der Waals surface area contributed by atoms with Crippen molar-refractivity contribution in [1.29, 1.82) is 0 Å². The second kappa shape index (κ2) is 5.42. The number of aromatic amines is 1. The maximum absolute atomic E-state index is 13.5. The monoisotopic (exact) mass is 328 g/mol. The van der Waals surface area contributed by atoms with Gasteiger partial charge in [-0.15, -0.1) is 0 Å². The lowest BCUT2D eigenvalue weighted by Crippen LogP contribution is -2.36. The highest BCUT2D eigenvalue weighted by Crippen LogP contribution is 2.29. The van der Waals surface area contributed by atoms with Crippen molar-refractivity contribution in [2.24, 2.45) is 0 Å². The number of H-pyrrole nitrogens is 1. The molecule has 0 aliphatic carbocycles. The largest absolute Gasteiger partial charge is 0.356 e. The van der Waals surface area contributed by atoms with Crippen LogP contribution < -0.4 is 0 Å². The van der Waals surface area contributed by atoms with E-state index in [1.54, 1.807) is 24.3 Å². The zero-order chi connectivity index (χ0) is 16.0. The molecule has 4 rings (SSSR count). The van der Waals surface area contributed by atoms with E-state index in [1.807, 2.05) is 0 Å². The van der Waals surface area contributed by atoms with Crippen molar-refractivity contribution < 1.29 is 8.78 Å². The molecule has 1 aliphatic rings. The SMILES string of the molecule is Fc1ccc(CN2CCc3c([nH]c4ccc(F)cc34)C2=S)cc1. The lowest BCUT2D eigenvalue weighted by atomic mass is 10.0. The summed E-state index contributed by atoms with van der Waals surface area (Å²) in [6, 6.07) is 11.2. The molecular weight excluding hydrogens is 314 g/mol. The normalized spacial score (nSPS) is 14.3. The second-order valence-corrected chi connectivity index (χ2v) is 6.16. The Morgan fingerprint density at radius 2 is 1.78 bits per heavy atom. The van der Waals surface area contributed by atoms with Crippen LogP contribution in [0.3, 0.4) is 0 Å². The van der Waals surface area contributed by atoms with Gasteiger partial charge in [-0.3, -0.25) is 0 Å². The van der Waals surface area contributed by atoms with Crippen LogP contribution in [-0.2, 0) is 13.0 Å². The molecule has 2 nitrogen and oxygen atoms in total. The molecule has 1 aliphatic heterocycles. The average Bonchev–Trinajstić information content (AvgIpc) is 2.91. The first kappa shape index (κ1) is 14.3. The Labute approximate surface area is 137 Å². The van der Waals surface area contributed by atoms with Gasteiger partial charge in [-0.2, -0.15) is 0 Å². The van der Waals surface area contributed by atoms with Crippen molar-refractivity contribution in [3.05, 3.63) is 70.9 Å². The molecule has 1 aromatic heterocycles. The van der Waals surface area contributed by atoms with Gasteiger partial charge in [-0.05, 0) is 47.9 Å². The number of thiocarbonyl (C=S) groups is 1. The van der Waals surface area contributed by atoms with Gasteiger partial charge < -0.3 is 9.88 Å². The van der Waals surface area contributed by atoms with Crippen LogP contribution in [0.1, 0.15) is 16.8 Å².